The number of aryl methyl sites for hydroxylation is 1. The van der Waals surface area contributed by atoms with Gasteiger partial charge in [-0.3, -0.25) is 9.48 Å². The Balaban J connectivity index is 1.77. The highest BCUT2D eigenvalue weighted by Gasteiger charge is 2.33. The van der Waals surface area contributed by atoms with Gasteiger partial charge in [-0.2, -0.15) is 5.10 Å². The Morgan fingerprint density at radius 1 is 1.32 bits per heavy atom. The summed E-state index contributed by atoms with van der Waals surface area (Å²) in [6.45, 7) is 3.59. The quantitative estimate of drug-likeness (QED) is 0.930. The van der Waals surface area contributed by atoms with Crippen LogP contribution in [0.15, 0.2) is 6.20 Å². The van der Waals surface area contributed by atoms with Gasteiger partial charge in [-0.05, 0) is 51.5 Å². The van der Waals surface area contributed by atoms with E-state index in [4.69, 9.17) is 9.84 Å². The number of hydrogen-bond donors (Lipinski definition) is 1. The highest BCUT2D eigenvalue weighted by molar-refractivity contribution is 5.84. The molecule has 0 spiro atoms. The first kappa shape index (κ1) is 15.5. The number of methoxy groups -OCH3 is 1. The van der Waals surface area contributed by atoms with Crippen LogP contribution in [0.4, 0.5) is 0 Å². The molecule has 2 aliphatic carbocycles. The number of hydrogen-bond acceptors (Lipinski definition) is 3. The second kappa shape index (κ2) is 6.03. The first-order chi connectivity index (χ1) is 10.5. The Bertz CT molecular complexity index is 544. The summed E-state index contributed by atoms with van der Waals surface area (Å²) in [5.74, 6) is -0.0664. The largest absolute Gasteiger partial charge is 0.369 e. The Kier molecular flexibility index (Phi) is 4.26. The Labute approximate surface area is 132 Å². The summed E-state index contributed by atoms with van der Waals surface area (Å²) in [5, 5.41) is 7.97. The third-order valence-corrected chi connectivity index (χ3v) is 5.17. The summed E-state index contributed by atoms with van der Waals surface area (Å²) in [5.41, 5.74) is 1.57. The molecule has 1 unspecified atom stereocenters. The maximum Gasteiger partial charge on any atom is 0.252 e. The van der Waals surface area contributed by atoms with Crippen LogP contribution in [0.1, 0.15) is 75.7 Å². The van der Waals surface area contributed by atoms with Gasteiger partial charge in [-0.15, -0.1) is 0 Å². The minimum absolute atomic E-state index is 0.0216. The second-order valence-corrected chi connectivity index (χ2v) is 7.09. The van der Waals surface area contributed by atoms with E-state index in [0.29, 0.717) is 6.04 Å². The number of aromatic nitrogens is 2. The molecule has 1 fully saturated rings. The maximum absolute atomic E-state index is 12.4. The molecule has 0 saturated heterocycles. The van der Waals surface area contributed by atoms with Gasteiger partial charge < -0.3 is 10.1 Å². The van der Waals surface area contributed by atoms with Crippen LogP contribution in [0.3, 0.4) is 0 Å². The van der Waals surface area contributed by atoms with Gasteiger partial charge in [-0.25, -0.2) is 0 Å². The lowest BCUT2D eigenvalue weighted by atomic mass is 9.93. The Morgan fingerprint density at radius 2 is 2.05 bits per heavy atom. The van der Waals surface area contributed by atoms with E-state index in [2.05, 4.69) is 16.2 Å². The van der Waals surface area contributed by atoms with Crippen LogP contribution in [0, 0.1) is 0 Å². The van der Waals surface area contributed by atoms with Gasteiger partial charge in [0.15, 0.2) is 0 Å². The number of nitrogens with zero attached hydrogens (tertiary/aromatic N) is 2. The first-order valence-electron chi connectivity index (χ1n) is 8.45. The van der Waals surface area contributed by atoms with Gasteiger partial charge in [0.05, 0.1) is 17.8 Å². The number of carbonyl (C=O) groups excluding carboxylic acids is 1. The van der Waals surface area contributed by atoms with Crippen molar-refractivity contribution in [3.63, 3.8) is 0 Å². The molecule has 3 rings (SSSR count). The third kappa shape index (κ3) is 2.91. The highest BCUT2D eigenvalue weighted by Crippen LogP contribution is 2.34. The third-order valence-electron chi connectivity index (χ3n) is 5.17. The van der Waals surface area contributed by atoms with E-state index in [0.717, 1.165) is 25.0 Å². The van der Waals surface area contributed by atoms with Crippen LogP contribution in [-0.2, 0) is 16.0 Å². The lowest BCUT2D eigenvalue weighted by Gasteiger charge is -2.27. The monoisotopic (exact) mass is 305 g/mol. The molecular formula is C17H27N3O2. The van der Waals surface area contributed by atoms with Crippen molar-refractivity contribution < 1.29 is 9.53 Å². The molecule has 2 aliphatic rings. The molecule has 0 aromatic carbocycles. The Hall–Kier alpha value is -1.36. The molecule has 122 valence electrons. The normalized spacial score (nSPS) is 22.6. The van der Waals surface area contributed by atoms with Crippen molar-refractivity contribution in [2.75, 3.05) is 7.11 Å². The number of carbonyl (C=O) groups is 1. The minimum Gasteiger partial charge on any atom is -0.369 e. The minimum atomic E-state index is -0.800. The van der Waals surface area contributed by atoms with Crippen LogP contribution >= 0.6 is 0 Å². The Morgan fingerprint density at radius 3 is 2.73 bits per heavy atom. The van der Waals surface area contributed by atoms with Crippen molar-refractivity contribution >= 4 is 5.91 Å². The van der Waals surface area contributed by atoms with E-state index >= 15 is 0 Å². The molecule has 5 heteroatoms. The highest BCUT2D eigenvalue weighted by atomic mass is 16.5. The summed E-state index contributed by atoms with van der Waals surface area (Å²) in [4.78, 5) is 12.4. The van der Waals surface area contributed by atoms with Crippen LogP contribution in [0.2, 0.25) is 0 Å². The fourth-order valence-corrected chi connectivity index (χ4v) is 3.48. The molecule has 1 aromatic rings. The predicted octanol–water partition coefficient (Wildman–Crippen LogP) is 2.92. The summed E-state index contributed by atoms with van der Waals surface area (Å²) >= 11 is 0. The van der Waals surface area contributed by atoms with Crippen molar-refractivity contribution in [3.8, 4) is 0 Å². The van der Waals surface area contributed by atoms with Crippen molar-refractivity contribution in [3.05, 3.63) is 17.5 Å². The molecule has 0 aliphatic heterocycles. The number of rotatable bonds is 4. The van der Waals surface area contributed by atoms with E-state index in [1.54, 1.807) is 21.0 Å². The molecule has 1 atom stereocenters. The number of ether oxygens (including phenoxy) is 1. The number of fused-ring (bicyclic) bond motifs is 1. The zero-order chi connectivity index (χ0) is 15.7. The van der Waals surface area contributed by atoms with Gasteiger partial charge in [0.2, 0.25) is 0 Å². The SMILES string of the molecule is COC(C)(C)C(=O)NC1CCCc2cn(C3CCCC3)nc21. The van der Waals surface area contributed by atoms with Crippen molar-refractivity contribution in [2.24, 2.45) is 0 Å². The molecule has 1 heterocycles. The molecule has 0 radical (unpaired) electrons. The second-order valence-electron chi connectivity index (χ2n) is 7.09. The number of nitrogens with one attached hydrogen (secondary N) is 1. The average Bonchev–Trinajstić information content (AvgIpc) is 3.16. The van der Waals surface area contributed by atoms with E-state index < -0.39 is 5.60 Å². The fraction of sp³-hybridized carbons (Fsp3) is 0.765. The van der Waals surface area contributed by atoms with E-state index in [9.17, 15) is 4.79 Å². The van der Waals surface area contributed by atoms with Gasteiger partial charge >= 0.3 is 0 Å². The lowest BCUT2D eigenvalue weighted by molar-refractivity contribution is -0.140. The van der Waals surface area contributed by atoms with Crippen molar-refractivity contribution in [2.45, 2.75) is 76.5 Å². The predicted molar refractivity (Wildman–Crippen MR) is 84.6 cm³/mol. The fourth-order valence-electron chi connectivity index (χ4n) is 3.48. The van der Waals surface area contributed by atoms with E-state index in [1.807, 2.05) is 0 Å². The van der Waals surface area contributed by atoms with Crippen LogP contribution in [0.5, 0.6) is 0 Å². The molecular weight excluding hydrogens is 278 g/mol. The van der Waals surface area contributed by atoms with E-state index in [-0.39, 0.29) is 11.9 Å². The van der Waals surface area contributed by atoms with Gasteiger partial charge in [0.1, 0.15) is 5.60 Å². The first-order valence-corrected chi connectivity index (χ1v) is 8.45. The van der Waals surface area contributed by atoms with Gasteiger partial charge in [0.25, 0.3) is 5.91 Å². The van der Waals surface area contributed by atoms with Crippen molar-refractivity contribution in [1.29, 1.82) is 0 Å². The van der Waals surface area contributed by atoms with Gasteiger partial charge in [0, 0.05) is 13.3 Å². The maximum atomic E-state index is 12.4. The smallest absolute Gasteiger partial charge is 0.252 e. The van der Waals surface area contributed by atoms with Crippen LogP contribution < -0.4 is 5.32 Å². The van der Waals surface area contributed by atoms with Crippen molar-refractivity contribution in [1.82, 2.24) is 15.1 Å². The average molecular weight is 305 g/mol. The van der Waals surface area contributed by atoms with Gasteiger partial charge in [-0.1, -0.05) is 12.8 Å². The summed E-state index contributed by atoms with van der Waals surface area (Å²) < 4.78 is 7.43. The summed E-state index contributed by atoms with van der Waals surface area (Å²) in [6.07, 6.45) is 10.4. The molecule has 1 N–H and O–H groups in total. The molecule has 0 bridgehead atoms. The molecule has 1 amide bonds. The lowest BCUT2D eigenvalue weighted by Crippen LogP contribution is -2.45. The zero-order valence-electron chi connectivity index (χ0n) is 13.9. The number of amides is 1. The summed E-state index contributed by atoms with van der Waals surface area (Å²) in [6, 6.07) is 0.575. The molecule has 22 heavy (non-hydrogen) atoms. The van der Waals surface area contributed by atoms with Crippen LogP contribution in [-0.4, -0.2) is 28.4 Å². The topological polar surface area (TPSA) is 56.1 Å². The van der Waals surface area contributed by atoms with E-state index in [1.165, 1.54) is 31.2 Å². The van der Waals surface area contributed by atoms with Crippen LogP contribution in [0.25, 0.3) is 0 Å². The standard InChI is InChI=1S/C17H27N3O2/c1-17(2,22-3)16(21)18-14-10-6-7-12-11-20(19-15(12)14)13-8-4-5-9-13/h11,13-14H,4-10H2,1-3H3,(H,18,21). The molecule has 1 saturated carbocycles. The molecule has 1 aromatic heterocycles. The summed E-state index contributed by atoms with van der Waals surface area (Å²) in [7, 11) is 1.57. The molecule has 5 nitrogen and oxygen atoms in total. The zero-order valence-corrected chi connectivity index (χ0v) is 13.9.